The second-order valence-electron chi connectivity index (χ2n) is 5.87. The molecule has 0 aliphatic rings. The number of ketones is 1. The maximum atomic E-state index is 12.8. The number of Topliss-reactive ketones (excluding diaryl/α,β-unsaturated/α-hetero) is 1. The van der Waals surface area contributed by atoms with Crippen LogP contribution in [0.3, 0.4) is 0 Å². The Bertz CT molecular complexity index is 966. The number of rotatable bonds is 7. The summed E-state index contributed by atoms with van der Waals surface area (Å²) in [7, 11) is 0. The van der Waals surface area contributed by atoms with Gasteiger partial charge in [0.05, 0.1) is 11.4 Å². The third-order valence-electron chi connectivity index (χ3n) is 3.96. The van der Waals surface area contributed by atoms with Gasteiger partial charge in [-0.3, -0.25) is 19.4 Å². The number of primary amides is 1. The molecule has 138 valence electrons. The zero-order valence-corrected chi connectivity index (χ0v) is 15.2. The molecular formula is C18H17N5O3S. The van der Waals surface area contributed by atoms with E-state index in [2.05, 4.69) is 19.7 Å². The largest absolute Gasteiger partial charge is 0.367 e. The first-order valence-corrected chi connectivity index (χ1v) is 8.88. The first kappa shape index (κ1) is 18.5. The van der Waals surface area contributed by atoms with Crippen molar-refractivity contribution >= 4 is 29.1 Å². The molecule has 3 aromatic heterocycles. The number of amides is 2. The summed E-state index contributed by atoms with van der Waals surface area (Å²) in [5.74, 6) is -2.46. The minimum atomic E-state index is -1.10. The van der Waals surface area contributed by atoms with E-state index in [1.165, 1.54) is 0 Å². The van der Waals surface area contributed by atoms with E-state index in [1.54, 1.807) is 43.7 Å². The van der Waals surface area contributed by atoms with Crippen molar-refractivity contribution in [3.63, 3.8) is 0 Å². The topological polar surface area (TPSA) is 131 Å². The molecule has 1 unspecified atom stereocenters. The maximum absolute atomic E-state index is 12.8. The highest BCUT2D eigenvalue weighted by atomic mass is 32.1. The molecule has 0 radical (unpaired) electrons. The number of pyridine rings is 1. The average molecular weight is 383 g/mol. The number of aryl methyl sites for hydroxylation is 1. The number of nitrogens with zero attached hydrogens (tertiary/aromatic N) is 2. The summed E-state index contributed by atoms with van der Waals surface area (Å²) in [5.41, 5.74) is 7.77. The van der Waals surface area contributed by atoms with Crippen LogP contribution in [-0.4, -0.2) is 38.0 Å². The normalized spacial score (nSPS) is 11.7. The first-order valence-electron chi connectivity index (χ1n) is 8.11. The summed E-state index contributed by atoms with van der Waals surface area (Å²) >= 11 is 1.01. The Morgan fingerprint density at radius 3 is 2.74 bits per heavy atom. The Labute approximate surface area is 159 Å². The molecule has 0 aromatic carbocycles. The molecule has 3 heterocycles. The number of aromatic nitrogens is 3. The zero-order valence-electron chi connectivity index (χ0n) is 14.4. The van der Waals surface area contributed by atoms with Crippen molar-refractivity contribution in [2.45, 2.75) is 19.4 Å². The van der Waals surface area contributed by atoms with Gasteiger partial charge in [0.25, 0.3) is 11.8 Å². The van der Waals surface area contributed by atoms with Gasteiger partial charge in [-0.15, -0.1) is 0 Å². The molecule has 0 aliphatic heterocycles. The second-order valence-corrected chi connectivity index (χ2v) is 6.64. The van der Waals surface area contributed by atoms with Gasteiger partial charge in [-0.2, -0.15) is 4.37 Å². The lowest BCUT2D eigenvalue weighted by atomic mass is 10.0. The third-order valence-corrected chi connectivity index (χ3v) is 4.89. The monoisotopic (exact) mass is 383 g/mol. The van der Waals surface area contributed by atoms with Crippen LogP contribution in [0.2, 0.25) is 0 Å². The summed E-state index contributed by atoms with van der Waals surface area (Å²) in [6, 6.07) is 6.05. The first-order chi connectivity index (χ1) is 13.0. The summed E-state index contributed by atoms with van der Waals surface area (Å²) < 4.78 is 4.24. The minimum Gasteiger partial charge on any atom is -0.367 e. The Morgan fingerprint density at radius 1 is 1.30 bits per heavy atom. The van der Waals surface area contributed by atoms with Crippen molar-refractivity contribution in [1.82, 2.24) is 19.7 Å². The van der Waals surface area contributed by atoms with Crippen LogP contribution in [0.4, 0.5) is 0 Å². The van der Waals surface area contributed by atoms with Crippen LogP contribution in [-0.2, 0) is 16.0 Å². The lowest BCUT2D eigenvalue weighted by molar-refractivity contribution is -0.137. The Morgan fingerprint density at radius 2 is 2.11 bits per heavy atom. The van der Waals surface area contributed by atoms with Crippen LogP contribution in [0.5, 0.6) is 0 Å². The van der Waals surface area contributed by atoms with Gasteiger partial charge in [-0.05, 0) is 42.2 Å². The van der Waals surface area contributed by atoms with Gasteiger partial charge >= 0.3 is 0 Å². The van der Waals surface area contributed by atoms with E-state index in [1.807, 2.05) is 6.07 Å². The second kappa shape index (κ2) is 7.92. The van der Waals surface area contributed by atoms with Gasteiger partial charge < -0.3 is 16.0 Å². The Balaban J connectivity index is 1.88. The van der Waals surface area contributed by atoms with Crippen LogP contribution in [0, 0.1) is 6.92 Å². The molecular weight excluding hydrogens is 366 g/mol. The molecule has 0 aliphatic carbocycles. The van der Waals surface area contributed by atoms with Crippen molar-refractivity contribution < 1.29 is 14.4 Å². The molecule has 0 spiro atoms. The van der Waals surface area contributed by atoms with Crippen molar-refractivity contribution in [2.24, 2.45) is 5.73 Å². The molecule has 0 fully saturated rings. The van der Waals surface area contributed by atoms with E-state index in [0.717, 1.165) is 17.1 Å². The number of nitrogens with one attached hydrogen (secondary N) is 2. The van der Waals surface area contributed by atoms with E-state index in [9.17, 15) is 14.4 Å². The number of carbonyl (C=O) groups is 3. The van der Waals surface area contributed by atoms with E-state index in [-0.39, 0.29) is 6.42 Å². The van der Waals surface area contributed by atoms with E-state index < -0.39 is 23.6 Å². The summed E-state index contributed by atoms with van der Waals surface area (Å²) in [6.45, 7) is 1.78. The highest BCUT2D eigenvalue weighted by Gasteiger charge is 2.28. The Hall–Kier alpha value is -3.33. The summed E-state index contributed by atoms with van der Waals surface area (Å²) in [4.78, 5) is 43.8. The van der Waals surface area contributed by atoms with Crippen LogP contribution in [0.1, 0.15) is 20.9 Å². The predicted octanol–water partition coefficient (Wildman–Crippen LogP) is 1.24. The number of hydrogen-bond donors (Lipinski definition) is 3. The molecule has 3 aromatic rings. The molecule has 0 saturated carbocycles. The predicted molar refractivity (Wildman–Crippen MR) is 100 cm³/mol. The van der Waals surface area contributed by atoms with E-state index >= 15 is 0 Å². The molecule has 0 saturated heterocycles. The van der Waals surface area contributed by atoms with Crippen LogP contribution >= 0.6 is 11.5 Å². The van der Waals surface area contributed by atoms with E-state index in [4.69, 9.17) is 5.73 Å². The molecule has 8 nitrogen and oxygen atoms in total. The molecule has 0 bridgehead atoms. The van der Waals surface area contributed by atoms with Crippen molar-refractivity contribution in [2.75, 3.05) is 0 Å². The van der Waals surface area contributed by atoms with Gasteiger partial charge in [0.2, 0.25) is 5.78 Å². The van der Waals surface area contributed by atoms with E-state index in [0.29, 0.717) is 21.8 Å². The molecule has 2 amide bonds. The summed E-state index contributed by atoms with van der Waals surface area (Å²) in [5, 5.41) is 2.62. The van der Waals surface area contributed by atoms with Crippen molar-refractivity contribution in [3.05, 3.63) is 59.0 Å². The number of nitrogens with two attached hydrogens (primary N) is 1. The molecule has 4 N–H and O–H groups in total. The molecule has 1 atom stereocenters. The van der Waals surface area contributed by atoms with Gasteiger partial charge in [0.1, 0.15) is 10.9 Å². The SMILES string of the molecule is Cc1nsc(C(=O)NC(Cc2cc[nH]c2)C(=O)C(N)=O)c1-c1ccccn1. The lowest BCUT2D eigenvalue weighted by Crippen LogP contribution is -2.47. The number of carbonyl (C=O) groups excluding carboxylic acids is 3. The fraction of sp³-hybridized carbons (Fsp3) is 0.167. The average Bonchev–Trinajstić information content (AvgIpc) is 3.30. The Kier molecular flexibility index (Phi) is 5.41. The maximum Gasteiger partial charge on any atom is 0.287 e. The third kappa shape index (κ3) is 4.09. The zero-order chi connectivity index (χ0) is 19.4. The van der Waals surface area contributed by atoms with Gasteiger partial charge in [0.15, 0.2) is 0 Å². The minimum absolute atomic E-state index is 0.147. The highest BCUT2D eigenvalue weighted by Crippen LogP contribution is 2.28. The fourth-order valence-electron chi connectivity index (χ4n) is 2.66. The molecule has 27 heavy (non-hydrogen) atoms. The van der Waals surface area contributed by atoms with Gasteiger partial charge in [-0.1, -0.05) is 6.07 Å². The van der Waals surface area contributed by atoms with Crippen LogP contribution < -0.4 is 11.1 Å². The standard InChI is InChI=1S/C18H17N5O3S/c1-10-14(12-4-2-3-6-21-12)16(27-23-10)18(26)22-13(15(24)17(19)25)8-11-5-7-20-9-11/h2-7,9,13,20H,8H2,1H3,(H2,19,25)(H,22,26). The van der Waals surface area contributed by atoms with Crippen molar-refractivity contribution in [3.8, 4) is 11.3 Å². The molecule has 9 heteroatoms. The summed E-state index contributed by atoms with van der Waals surface area (Å²) in [6.07, 6.45) is 5.14. The fourth-order valence-corrected chi connectivity index (χ4v) is 3.47. The van der Waals surface area contributed by atoms with Gasteiger partial charge in [0, 0.05) is 30.6 Å². The van der Waals surface area contributed by atoms with Crippen LogP contribution in [0.25, 0.3) is 11.3 Å². The number of H-pyrrole nitrogens is 1. The number of aromatic amines is 1. The molecule has 3 rings (SSSR count). The van der Waals surface area contributed by atoms with Crippen molar-refractivity contribution in [1.29, 1.82) is 0 Å². The van der Waals surface area contributed by atoms with Crippen LogP contribution in [0.15, 0.2) is 42.9 Å². The lowest BCUT2D eigenvalue weighted by Gasteiger charge is -2.15. The smallest absolute Gasteiger partial charge is 0.287 e. The van der Waals surface area contributed by atoms with Gasteiger partial charge in [-0.25, -0.2) is 0 Å². The number of hydrogen-bond acceptors (Lipinski definition) is 6. The highest BCUT2D eigenvalue weighted by molar-refractivity contribution is 7.08. The quantitative estimate of drug-likeness (QED) is 0.528.